The summed E-state index contributed by atoms with van der Waals surface area (Å²) in [5, 5.41) is 9.41. The first-order valence-corrected chi connectivity index (χ1v) is 10.3. The van der Waals surface area contributed by atoms with Gasteiger partial charge in [0.15, 0.2) is 17.3 Å². The van der Waals surface area contributed by atoms with Crippen molar-refractivity contribution in [3.63, 3.8) is 0 Å². The van der Waals surface area contributed by atoms with E-state index >= 15 is 4.39 Å². The van der Waals surface area contributed by atoms with E-state index in [9.17, 15) is 14.7 Å². The molecule has 0 bridgehead atoms. The maximum atomic E-state index is 15.3. The molecule has 166 valence electrons. The van der Waals surface area contributed by atoms with Crippen LogP contribution in [0, 0.1) is 11.2 Å². The van der Waals surface area contributed by atoms with Crippen LogP contribution in [0.3, 0.4) is 0 Å². The third-order valence-electron chi connectivity index (χ3n) is 6.40. The molecular formula is C23H26FNO6. The standard InChI is InChI=1S/C23H26FNO6/c1-23(5-6-23)18-10-13-9-17(31-8-4-7-29-2)16(30-3)11-14(13)20-19(24)21(26)15(22(27)28)12-25(18)20/h9,11-12,18H,4-8,10H2,1-3H3,(H,27,28). The average Bonchev–Trinajstić information content (AvgIpc) is 3.50. The van der Waals surface area contributed by atoms with Gasteiger partial charge in [-0.25, -0.2) is 9.18 Å². The lowest BCUT2D eigenvalue weighted by Gasteiger charge is -2.35. The fourth-order valence-corrected chi connectivity index (χ4v) is 4.33. The highest BCUT2D eigenvalue weighted by molar-refractivity contribution is 5.88. The van der Waals surface area contributed by atoms with Crippen molar-refractivity contribution in [2.24, 2.45) is 5.41 Å². The summed E-state index contributed by atoms with van der Waals surface area (Å²) in [6.45, 7) is 3.12. The summed E-state index contributed by atoms with van der Waals surface area (Å²) in [6.07, 6.45) is 4.50. The maximum absolute atomic E-state index is 15.3. The van der Waals surface area contributed by atoms with Crippen LogP contribution in [0.4, 0.5) is 4.39 Å². The summed E-state index contributed by atoms with van der Waals surface area (Å²) in [4.78, 5) is 24.0. The van der Waals surface area contributed by atoms with Gasteiger partial charge in [0.1, 0.15) is 5.56 Å². The van der Waals surface area contributed by atoms with Crippen LogP contribution in [0.5, 0.6) is 11.5 Å². The van der Waals surface area contributed by atoms with Gasteiger partial charge < -0.3 is 23.9 Å². The topological polar surface area (TPSA) is 87.0 Å². The number of benzene rings is 1. The second-order valence-electron chi connectivity index (χ2n) is 8.48. The number of carboxylic acids is 1. The summed E-state index contributed by atoms with van der Waals surface area (Å²) in [5.41, 5.74) is -0.258. The first kappa shape index (κ1) is 21.4. The molecule has 8 heteroatoms. The lowest BCUT2D eigenvalue weighted by atomic mass is 9.84. The number of rotatable bonds is 8. The van der Waals surface area contributed by atoms with Crippen molar-refractivity contribution in [2.45, 2.75) is 38.6 Å². The Morgan fingerprint density at radius 3 is 2.61 bits per heavy atom. The van der Waals surface area contributed by atoms with E-state index in [4.69, 9.17) is 14.2 Å². The van der Waals surface area contributed by atoms with E-state index in [0.29, 0.717) is 43.1 Å². The van der Waals surface area contributed by atoms with Crippen LogP contribution in [0.15, 0.2) is 23.1 Å². The van der Waals surface area contributed by atoms with Crippen molar-refractivity contribution in [3.05, 3.63) is 45.5 Å². The van der Waals surface area contributed by atoms with Gasteiger partial charge in [-0.05, 0) is 42.4 Å². The van der Waals surface area contributed by atoms with Gasteiger partial charge in [-0.1, -0.05) is 6.92 Å². The number of pyridine rings is 1. The van der Waals surface area contributed by atoms with Crippen molar-refractivity contribution in [1.29, 1.82) is 0 Å². The van der Waals surface area contributed by atoms with Gasteiger partial charge in [0.2, 0.25) is 5.43 Å². The second kappa shape index (κ2) is 8.00. The van der Waals surface area contributed by atoms with Gasteiger partial charge in [0.25, 0.3) is 0 Å². The highest BCUT2D eigenvalue weighted by atomic mass is 19.1. The number of methoxy groups -OCH3 is 2. The zero-order valence-corrected chi connectivity index (χ0v) is 17.9. The van der Waals surface area contributed by atoms with Crippen LogP contribution in [-0.4, -0.2) is 43.1 Å². The SMILES string of the molecule is COCCCOc1cc2c(cc1OC)-c1c(F)c(=O)c(C(=O)O)cn1C(C1(C)CC1)C2. The fraction of sp³-hybridized carbons (Fsp3) is 0.478. The van der Waals surface area contributed by atoms with Gasteiger partial charge in [0.05, 0.1) is 19.4 Å². The number of aromatic carboxylic acids is 1. The van der Waals surface area contributed by atoms with Crippen molar-refractivity contribution in [3.8, 4) is 22.8 Å². The van der Waals surface area contributed by atoms with Crippen molar-refractivity contribution < 1.29 is 28.5 Å². The van der Waals surface area contributed by atoms with E-state index in [-0.39, 0.29) is 17.2 Å². The molecule has 1 atom stereocenters. The Bertz CT molecular complexity index is 1090. The Morgan fingerprint density at radius 1 is 1.26 bits per heavy atom. The minimum Gasteiger partial charge on any atom is -0.493 e. The van der Waals surface area contributed by atoms with Crippen molar-refractivity contribution in [1.82, 2.24) is 4.57 Å². The number of fused-ring (bicyclic) bond motifs is 3. The molecule has 2 heterocycles. The number of halogens is 1. The van der Waals surface area contributed by atoms with E-state index in [0.717, 1.165) is 18.4 Å². The van der Waals surface area contributed by atoms with Crippen LogP contribution in [-0.2, 0) is 11.2 Å². The molecule has 1 aliphatic heterocycles. The molecule has 1 saturated carbocycles. The van der Waals surface area contributed by atoms with E-state index < -0.39 is 22.8 Å². The van der Waals surface area contributed by atoms with E-state index in [1.165, 1.54) is 13.3 Å². The molecule has 2 aromatic rings. The summed E-state index contributed by atoms with van der Waals surface area (Å²) < 4.78 is 33.3. The Kier molecular flexibility index (Phi) is 5.51. The van der Waals surface area contributed by atoms with Gasteiger partial charge in [-0.2, -0.15) is 0 Å². The summed E-state index contributed by atoms with van der Waals surface area (Å²) in [6, 6.07) is 3.36. The lowest BCUT2D eigenvalue weighted by molar-refractivity contribution is 0.0693. The minimum atomic E-state index is -1.43. The molecule has 1 unspecified atom stereocenters. The molecule has 0 spiro atoms. The third kappa shape index (κ3) is 3.69. The molecule has 1 aromatic carbocycles. The molecule has 1 aliphatic carbocycles. The largest absolute Gasteiger partial charge is 0.493 e. The molecule has 1 fully saturated rings. The number of ether oxygens (including phenoxy) is 3. The quantitative estimate of drug-likeness (QED) is 0.642. The lowest BCUT2D eigenvalue weighted by Crippen LogP contribution is -2.32. The number of carboxylic acid groups (broad SMARTS) is 1. The predicted octanol–water partition coefficient (Wildman–Crippen LogP) is 3.67. The van der Waals surface area contributed by atoms with Crippen LogP contribution >= 0.6 is 0 Å². The second-order valence-corrected chi connectivity index (χ2v) is 8.48. The number of nitrogens with zero attached hydrogens (tertiary/aromatic N) is 1. The normalized spacial score (nSPS) is 18.1. The van der Waals surface area contributed by atoms with Crippen molar-refractivity contribution in [2.75, 3.05) is 27.4 Å². The molecule has 0 radical (unpaired) electrons. The molecule has 31 heavy (non-hydrogen) atoms. The first-order valence-electron chi connectivity index (χ1n) is 10.3. The fourth-order valence-electron chi connectivity index (χ4n) is 4.33. The minimum absolute atomic E-state index is 0.0802. The zero-order valence-electron chi connectivity index (χ0n) is 17.9. The van der Waals surface area contributed by atoms with Crippen molar-refractivity contribution >= 4 is 5.97 Å². The summed E-state index contributed by atoms with van der Waals surface area (Å²) in [5.74, 6) is -1.50. The predicted molar refractivity (Wildman–Crippen MR) is 112 cm³/mol. The van der Waals surface area contributed by atoms with Crippen LogP contribution < -0.4 is 14.9 Å². The molecule has 0 amide bonds. The molecule has 1 N–H and O–H groups in total. The van der Waals surface area contributed by atoms with E-state index in [1.54, 1.807) is 17.7 Å². The Labute approximate surface area is 179 Å². The van der Waals surface area contributed by atoms with Gasteiger partial charge in [-0.15, -0.1) is 0 Å². The number of aromatic nitrogens is 1. The third-order valence-corrected chi connectivity index (χ3v) is 6.40. The highest BCUT2D eigenvalue weighted by Crippen LogP contribution is 2.58. The van der Waals surface area contributed by atoms with Crippen LogP contribution in [0.25, 0.3) is 11.3 Å². The number of hydrogen-bond donors (Lipinski definition) is 1. The molecular weight excluding hydrogens is 405 g/mol. The molecule has 1 aromatic heterocycles. The number of hydrogen-bond acceptors (Lipinski definition) is 5. The number of carbonyl (C=O) groups is 1. The Hall–Kier alpha value is -2.87. The molecule has 7 nitrogen and oxygen atoms in total. The summed E-state index contributed by atoms with van der Waals surface area (Å²) >= 11 is 0. The Balaban J connectivity index is 1.86. The first-order chi connectivity index (χ1) is 14.8. The van der Waals surface area contributed by atoms with E-state index in [2.05, 4.69) is 6.92 Å². The monoisotopic (exact) mass is 431 g/mol. The van der Waals surface area contributed by atoms with Crippen LogP contribution in [0.2, 0.25) is 0 Å². The molecule has 2 aliphatic rings. The Morgan fingerprint density at radius 2 is 2.00 bits per heavy atom. The highest BCUT2D eigenvalue weighted by Gasteiger charge is 2.48. The van der Waals surface area contributed by atoms with Gasteiger partial charge in [0, 0.05) is 37.9 Å². The van der Waals surface area contributed by atoms with Gasteiger partial charge >= 0.3 is 5.97 Å². The molecule has 0 saturated heterocycles. The van der Waals surface area contributed by atoms with Gasteiger partial charge in [-0.3, -0.25) is 4.79 Å². The zero-order chi connectivity index (χ0) is 22.3. The summed E-state index contributed by atoms with van der Waals surface area (Å²) in [7, 11) is 3.12. The maximum Gasteiger partial charge on any atom is 0.341 e. The molecule has 4 rings (SSSR count). The van der Waals surface area contributed by atoms with E-state index in [1.807, 2.05) is 6.07 Å². The van der Waals surface area contributed by atoms with Crippen LogP contribution in [0.1, 0.15) is 48.1 Å². The average molecular weight is 431 g/mol. The smallest absolute Gasteiger partial charge is 0.341 e.